The summed E-state index contributed by atoms with van der Waals surface area (Å²) in [5.74, 6) is -0.249. The monoisotopic (exact) mass is 476 g/mol. The Hall–Kier alpha value is -3.39. The number of nitro groups is 1. The molecule has 0 aliphatic carbocycles. The topological polar surface area (TPSA) is 78.7 Å². The van der Waals surface area contributed by atoms with Crippen LogP contribution in [-0.4, -0.2) is 43.1 Å². The number of nitrogens with one attached hydrogen (secondary N) is 1. The second-order valence-corrected chi connectivity index (χ2v) is 10.1. The first-order chi connectivity index (χ1) is 16.5. The molecule has 34 heavy (non-hydrogen) atoms. The first-order valence-corrected chi connectivity index (χ1v) is 12.5. The molecule has 2 aliphatic heterocycles. The van der Waals surface area contributed by atoms with Crippen LogP contribution in [0, 0.1) is 23.0 Å². The number of non-ortho nitro benzene ring substituents is 1. The summed E-state index contributed by atoms with van der Waals surface area (Å²) in [6, 6.07) is 17.7. The van der Waals surface area contributed by atoms with Crippen molar-refractivity contribution >= 4 is 34.3 Å². The summed E-state index contributed by atoms with van der Waals surface area (Å²) < 4.78 is 0. The van der Waals surface area contributed by atoms with Crippen molar-refractivity contribution in [2.75, 3.05) is 36.0 Å². The number of fused-ring (bicyclic) bond motifs is 3. The van der Waals surface area contributed by atoms with Gasteiger partial charge in [0.15, 0.2) is 0 Å². The average Bonchev–Trinajstić information content (AvgIpc) is 3.36. The normalized spacial score (nSPS) is 19.3. The number of thiophene rings is 1. The Balaban J connectivity index is 1.40. The molecule has 0 bridgehead atoms. The second-order valence-electron chi connectivity index (χ2n) is 9.04. The number of aryl methyl sites for hydroxylation is 1. The van der Waals surface area contributed by atoms with E-state index in [9.17, 15) is 14.9 Å². The molecule has 1 saturated heterocycles. The molecule has 3 aromatic rings. The first-order valence-electron chi connectivity index (χ1n) is 11.7. The highest BCUT2D eigenvalue weighted by Crippen LogP contribution is 2.38. The van der Waals surface area contributed by atoms with Crippen molar-refractivity contribution in [1.82, 2.24) is 5.32 Å². The lowest BCUT2D eigenvalue weighted by molar-refractivity contribution is -0.384. The minimum absolute atomic E-state index is 0.00532. The highest BCUT2D eigenvalue weighted by atomic mass is 32.1. The fraction of sp³-hybridized carbons (Fsp3) is 0.346. The number of hydrogen-bond donors (Lipinski definition) is 1. The zero-order chi connectivity index (χ0) is 23.7. The molecule has 0 unspecified atom stereocenters. The van der Waals surface area contributed by atoms with Crippen molar-refractivity contribution in [3.8, 4) is 0 Å². The minimum Gasteiger partial charge on any atom is -0.368 e. The molecule has 1 N–H and O–H groups in total. The first kappa shape index (κ1) is 22.4. The number of carbonyl (C=O) groups is 1. The second kappa shape index (κ2) is 9.46. The number of hydrogen-bond acceptors (Lipinski definition) is 6. The summed E-state index contributed by atoms with van der Waals surface area (Å²) in [6.45, 7) is 5.01. The van der Waals surface area contributed by atoms with E-state index < -0.39 is 0 Å². The standard InChI is InChI=1S/C26H28N4O3S/c1-18-4-6-20(7-5-18)28-12-13-29-24-9-8-21(30(32)33)15-19(24)16-23(25(29)17-28)26(31)27-11-10-22-3-2-14-34-22/h2-9,14-15,23,25H,10-13,16-17H2,1H3,(H,27,31)/t23-,25-/m0/s1. The third kappa shape index (κ3) is 4.50. The Kier molecular flexibility index (Phi) is 6.24. The molecule has 3 heterocycles. The Bertz CT molecular complexity index is 1180. The third-order valence-corrected chi connectivity index (χ3v) is 7.83. The van der Waals surface area contributed by atoms with Crippen molar-refractivity contribution in [1.29, 1.82) is 0 Å². The predicted molar refractivity (Wildman–Crippen MR) is 136 cm³/mol. The molecular formula is C26H28N4O3S. The van der Waals surface area contributed by atoms with Gasteiger partial charge in [-0.2, -0.15) is 0 Å². The summed E-state index contributed by atoms with van der Waals surface area (Å²) in [7, 11) is 0. The van der Waals surface area contributed by atoms with Crippen LogP contribution in [0.2, 0.25) is 0 Å². The fourth-order valence-electron chi connectivity index (χ4n) is 5.11. The molecule has 2 aliphatic rings. The number of nitrogens with zero attached hydrogens (tertiary/aromatic N) is 3. The molecular weight excluding hydrogens is 448 g/mol. The lowest BCUT2D eigenvalue weighted by atomic mass is 9.83. The number of nitro benzene ring substituents is 1. The van der Waals surface area contributed by atoms with E-state index in [0.29, 0.717) is 13.0 Å². The maximum atomic E-state index is 13.4. The number of piperazine rings is 1. The number of rotatable bonds is 6. The lowest BCUT2D eigenvalue weighted by Crippen LogP contribution is -2.61. The van der Waals surface area contributed by atoms with Gasteiger partial charge in [0.25, 0.3) is 5.69 Å². The molecule has 2 atom stereocenters. The summed E-state index contributed by atoms with van der Waals surface area (Å²) >= 11 is 1.69. The Morgan fingerprint density at radius 1 is 1.18 bits per heavy atom. The molecule has 8 heteroatoms. The summed E-state index contributed by atoms with van der Waals surface area (Å²) in [5, 5.41) is 16.6. The van der Waals surface area contributed by atoms with Crippen LogP contribution >= 0.6 is 11.3 Å². The van der Waals surface area contributed by atoms with Crippen molar-refractivity contribution in [3.05, 3.63) is 86.1 Å². The van der Waals surface area contributed by atoms with E-state index in [-0.39, 0.29) is 28.5 Å². The van der Waals surface area contributed by atoms with E-state index in [1.807, 2.05) is 17.5 Å². The SMILES string of the molecule is Cc1ccc(N2CCN3c4ccc([N+](=O)[O-])cc4C[C@H](C(=O)NCCc4cccs4)[C@@H]3C2)cc1. The quantitative estimate of drug-likeness (QED) is 0.426. The van der Waals surface area contributed by atoms with Crippen LogP contribution in [0.5, 0.6) is 0 Å². The van der Waals surface area contributed by atoms with Crippen LogP contribution in [0.3, 0.4) is 0 Å². The average molecular weight is 477 g/mol. The van der Waals surface area contributed by atoms with Crippen LogP contribution in [-0.2, 0) is 17.6 Å². The molecule has 1 amide bonds. The minimum atomic E-state index is -0.363. The van der Waals surface area contributed by atoms with Crippen molar-refractivity contribution in [2.24, 2.45) is 5.92 Å². The van der Waals surface area contributed by atoms with E-state index in [4.69, 9.17) is 0 Å². The van der Waals surface area contributed by atoms with Gasteiger partial charge in [-0.15, -0.1) is 11.3 Å². The number of anilines is 2. The zero-order valence-corrected chi connectivity index (χ0v) is 20.0. The van der Waals surface area contributed by atoms with Gasteiger partial charge < -0.3 is 15.1 Å². The van der Waals surface area contributed by atoms with Gasteiger partial charge in [0, 0.05) is 54.6 Å². The van der Waals surface area contributed by atoms with Crippen LogP contribution in [0.4, 0.5) is 17.1 Å². The predicted octanol–water partition coefficient (Wildman–Crippen LogP) is 4.19. The Labute approximate surface area is 203 Å². The Morgan fingerprint density at radius 3 is 2.74 bits per heavy atom. The lowest BCUT2D eigenvalue weighted by Gasteiger charge is -2.49. The van der Waals surface area contributed by atoms with E-state index in [0.717, 1.165) is 43.0 Å². The summed E-state index contributed by atoms with van der Waals surface area (Å²) in [6.07, 6.45) is 1.31. The van der Waals surface area contributed by atoms with Crippen LogP contribution in [0.25, 0.3) is 0 Å². The highest BCUT2D eigenvalue weighted by Gasteiger charge is 2.42. The molecule has 5 rings (SSSR count). The zero-order valence-electron chi connectivity index (χ0n) is 19.1. The highest BCUT2D eigenvalue weighted by molar-refractivity contribution is 7.09. The molecule has 0 radical (unpaired) electrons. The summed E-state index contributed by atoms with van der Waals surface area (Å²) in [4.78, 5) is 30.3. The van der Waals surface area contributed by atoms with E-state index in [1.165, 1.54) is 10.4 Å². The molecule has 176 valence electrons. The van der Waals surface area contributed by atoms with Crippen molar-refractivity contribution in [2.45, 2.75) is 25.8 Å². The number of carbonyl (C=O) groups excluding carboxylic acids is 1. The largest absolute Gasteiger partial charge is 0.368 e. The molecule has 1 fully saturated rings. The van der Waals surface area contributed by atoms with Gasteiger partial charge in [-0.1, -0.05) is 23.8 Å². The van der Waals surface area contributed by atoms with E-state index in [2.05, 4.69) is 52.4 Å². The maximum Gasteiger partial charge on any atom is 0.269 e. The fourth-order valence-corrected chi connectivity index (χ4v) is 5.82. The number of amides is 1. The molecule has 0 saturated carbocycles. The molecule has 1 aromatic heterocycles. The van der Waals surface area contributed by atoms with Crippen LogP contribution in [0.1, 0.15) is 16.0 Å². The number of benzene rings is 2. The molecule has 0 spiro atoms. The van der Waals surface area contributed by atoms with Crippen molar-refractivity contribution < 1.29 is 9.72 Å². The van der Waals surface area contributed by atoms with Gasteiger partial charge in [-0.3, -0.25) is 14.9 Å². The van der Waals surface area contributed by atoms with E-state index in [1.54, 1.807) is 23.5 Å². The van der Waals surface area contributed by atoms with Gasteiger partial charge >= 0.3 is 0 Å². The van der Waals surface area contributed by atoms with Gasteiger partial charge in [0.2, 0.25) is 5.91 Å². The van der Waals surface area contributed by atoms with Gasteiger partial charge in [0.1, 0.15) is 0 Å². The van der Waals surface area contributed by atoms with Crippen LogP contribution < -0.4 is 15.1 Å². The van der Waals surface area contributed by atoms with Crippen molar-refractivity contribution in [3.63, 3.8) is 0 Å². The van der Waals surface area contributed by atoms with Gasteiger partial charge in [0.05, 0.1) is 16.9 Å². The van der Waals surface area contributed by atoms with Gasteiger partial charge in [-0.25, -0.2) is 0 Å². The molecule has 7 nitrogen and oxygen atoms in total. The van der Waals surface area contributed by atoms with Gasteiger partial charge in [-0.05, 0) is 55.0 Å². The summed E-state index contributed by atoms with van der Waals surface area (Å²) in [5.41, 5.74) is 4.36. The smallest absolute Gasteiger partial charge is 0.269 e. The Morgan fingerprint density at radius 2 is 2.00 bits per heavy atom. The van der Waals surface area contributed by atoms with E-state index >= 15 is 0 Å². The maximum absolute atomic E-state index is 13.4. The third-order valence-electron chi connectivity index (χ3n) is 6.89. The molecule has 2 aromatic carbocycles. The van der Waals surface area contributed by atoms with Crippen LogP contribution in [0.15, 0.2) is 60.0 Å².